The first kappa shape index (κ1) is 17.7. The van der Waals surface area contributed by atoms with Crippen LogP contribution in [0.2, 0.25) is 0 Å². The van der Waals surface area contributed by atoms with Gasteiger partial charge in [-0.2, -0.15) is 0 Å². The molecule has 0 unspecified atom stereocenters. The van der Waals surface area contributed by atoms with Gasteiger partial charge in [0, 0.05) is 23.4 Å². The second kappa shape index (κ2) is 8.34. The van der Waals surface area contributed by atoms with E-state index in [4.69, 9.17) is 0 Å². The summed E-state index contributed by atoms with van der Waals surface area (Å²) in [6.07, 6.45) is 3.65. The Labute approximate surface area is 151 Å². The SMILES string of the molecule is O=C[C@@H]1CSCN1C(=O)C1=C(C(=O)NCCc2ccccc2)CCC1. The molecule has 2 aliphatic rings. The molecular weight excluding hydrogens is 336 g/mol. The molecule has 132 valence electrons. The van der Waals surface area contributed by atoms with Crippen LogP contribution in [0, 0.1) is 0 Å². The van der Waals surface area contributed by atoms with Gasteiger partial charge in [-0.1, -0.05) is 30.3 Å². The van der Waals surface area contributed by atoms with E-state index in [-0.39, 0.29) is 17.9 Å². The fraction of sp³-hybridized carbons (Fsp3) is 0.421. The summed E-state index contributed by atoms with van der Waals surface area (Å²) in [5.74, 6) is 0.870. The summed E-state index contributed by atoms with van der Waals surface area (Å²) in [4.78, 5) is 38.0. The van der Waals surface area contributed by atoms with Crippen molar-refractivity contribution in [2.24, 2.45) is 0 Å². The van der Waals surface area contributed by atoms with Gasteiger partial charge < -0.3 is 15.0 Å². The summed E-state index contributed by atoms with van der Waals surface area (Å²) in [5.41, 5.74) is 2.36. The molecule has 6 heteroatoms. The monoisotopic (exact) mass is 358 g/mol. The van der Waals surface area contributed by atoms with Crippen LogP contribution in [-0.2, 0) is 20.8 Å². The van der Waals surface area contributed by atoms with E-state index in [0.717, 1.165) is 19.1 Å². The summed E-state index contributed by atoms with van der Waals surface area (Å²) in [6, 6.07) is 9.61. The van der Waals surface area contributed by atoms with Crippen LogP contribution < -0.4 is 5.32 Å². The molecule has 1 aliphatic heterocycles. The van der Waals surface area contributed by atoms with Gasteiger partial charge in [0.25, 0.3) is 5.91 Å². The van der Waals surface area contributed by atoms with E-state index < -0.39 is 0 Å². The molecule has 1 atom stereocenters. The molecular formula is C19H22N2O3S. The third kappa shape index (κ3) is 4.12. The maximum absolute atomic E-state index is 12.7. The third-order valence-corrected chi connectivity index (χ3v) is 5.67. The van der Waals surface area contributed by atoms with Gasteiger partial charge in [-0.15, -0.1) is 11.8 Å². The summed E-state index contributed by atoms with van der Waals surface area (Å²) < 4.78 is 0. The molecule has 3 rings (SSSR count). The molecule has 5 nitrogen and oxygen atoms in total. The van der Waals surface area contributed by atoms with Gasteiger partial charge in [0.1, 0.15) is 6.29 Å². The molecule has 0 radical (unpaired) electrons. The molecule has 1 fully saturated rings. The lowest BCUT2D eigenvalue weighted by Crippen LogP contribution is -2.39. The number of nitrogens with one attached hydrogen (secondary N) is 1. The molecule has 1 saturated heterocycles. The molecule has 0 aromatic heterocycles. The zero-order valence-corrected chi connectivity index (χ0v) is 14.9. The van der Waals surface area contributed by atoms with E-state index in [1.165, 1.54) is 5.56 Å². The molecule has 1 aromatic rings. The van der Waals surface area contributed by atoms with Gasteiger partial charge in [0.2, 0.25) is 5.91 Å². The van der Waals surface area contributed by atoms with Crippen LogP contribution in [0.3, 0.4) is 0 Å². The molecule has 1 aliphatic carbocycles. The number of hydrogen-bond acceptors (Lipinski definition) is 4. The van der Waals surface area contributed by atoms with E-state index in [0.29, 0.717) is 42.2 Å². The molecule has 0 spiro atoms. The molecule has 0 bridgehead atoms. The van der Waals surface area contributed by atoms with Crippen molar-refractivity contribution < 1.29 is 14.4 Å². The number of carbonyl (C=O) groups is 3. The standard InChI is InChI=1S/C19H22N2O3S/c22-11-15-12-25-13-21(15)19(24)17-8-4-7-16(17)18(23)20-10-9-14-5-2-1-3-6-14/h1-3,5-6,11,15H,4,7-10,12-13H2,(H,20,23)/t15-/m1/s1. The van der Waals surface area contributed by atoms with E-state index in [2.05, 4.69) is 5.32 Å². The Morgan fingerprint density at radius 2 is 1.96 bits per heavy atom. The van der Waals surface area contributed by atoms with Crippen LogP contribution in [0.15, 0.2) is 41.5 Å². The first-order chi connectivity index (χ1) is 12.2. The third-order valence-electron chi connectivity index (χ3n) is 4.63. The van der Waals surface area contributed by atoms with E-state index in [9.17, 15) is 14.4 Å². The largest absolute Gasteiger partial charge is 0.352 e. The van der Waals surface area contributed by atoms with Crippen molar-refractivity contribution >= 4 is 29.9 Å². The maximum Gasteiger partial charge on any atom is 0.251 e. The highest BCUT2D eigenvalue weighted by molar-refractivity contribution is 7.99. The zero-order chi connectivity index (χ0) is 17.6. The number of carbonyl (C=O) groups excluding carboxylic acids is 3. The van der Waals surface area contributed by atoms with E-state index in [1.807, 2.05) is 30.3 Å². The average molecular weight is 358 g/mol. The van der Waals surface area contributed by atoms with E-state index in [1.54, 1.807) is 16.7 Å². The molecule has 2 amide bonds. The Bertz CT molecular complexity index is 687. The lowest BCUT2D eigenvalue weighted by Gasteiger charge is -2.20. The molecule has 0 saturated carbocycles. The molecule has 1 aromatic carbocycles. The van der Waals surface area contributed by atoms with Crippen molar-refractivity contribution in [1.29, 1.82) is 0 Å². The normalized spacial score (nSPS) is 20.0. The molecule has 1 heterocycles. The number of hydrogen-bond donors (Lipinski definition) is 1. The highest BCUT2D eigenvalue weighted by Gasteiger charge is 2.34. The Balaban J connectivity index is 1.62. The predicted octanol–water partition coefficient (Wildman–Crippen LogP) is 1.93. The Hall–Kier alpha value is -2.08. The fourth-order valence-corrected chi connectivity index (χ4v) is 4.37. The Morgan fingerprint density at radius 1 is 1.20 bits per heavy atom. The van der Waals surface area contributed by atoms with Gasteiger partial charge in [0.05, 0.1) is 11.9 Å². The van der Waals surface area contributed by atoms with Gasteiger partial charge in [-0.05, 0) is 31.2 Å². The fourth-order valence-electron chi connectivity index (χ4n) is 3.25. The van der Waals surface area contributed by atoms with Gasteiger partial charge >= 0.3 is 0 Å². The van der Waals surface area contributed by atoms with Crippen molar-refractivity contribution in [3.8, 4) is 0 Å². The molecule has 1 N–H and O–H groups in total. The van der Waals surface area contributed by atoms with Crippen LogP contribution >= 0.6 is 11.8 Å². The van der Waals surface area contributed by atoms with Gasteiger partial charge in [-0.25, -0.2) is 0 Å². The van der Waals surface area contributed by atoms with Gasteiger partial charge in [0.15, 0.2) is 0 Å². The van der Waals surface area contributed by atoms with Crippen LogP contribution in [-0.4, -0.2) is 47.2 Å². The van der Waals surface area contributed by atoms with Crippen molar-refractivity contribution in [3.63, 3.8) is 0 Å². The second-order valence-corrected chi connectivity index (χ2v) is 7.28. The highest BCUT2D eigenvalue weighted by Crippen LogP contribution is 2.30. The Morgan fingerprint density at radius 3 is 2.72 bits per heavy atom. The second-order valence-electron chi connectivity index (χ2n) is 6.28. The van der Waals surface area contributed by atoms with Gasteiger partial charge in [-0.3, -0.25) is 9.59 Å². The lowest BCUT2D eigenvalue weighted by molar-refractivity contribution is -0.130. The van der Waals surface area contributed by atoms with Crippen LogP contribution in [0.25, 0.3) is 0 Å². The number of amides is 2. The average Bonchev–Trinajstić information content (AvgIpc) is 3.31. The Kier molecular flexibility index (Phi) is 5.91. The number of rotatable bonds is 6. The quantitative estimate of drug-likeness (QED) is 0.789. The van der Waals surface area contributed by atoms with Crippen molar-refractivity contribution in [2.45, 2.75) is 31.7 Å². The first-order valence-corrected chi connectivity index (χ1v) is 9.74. The van der Waals surface area contributed by atoms with Crippen LogP contribution in [0.1, 0.15) is 24.8 Å². The summed E-state index contributed by atoms with van der Waals surface area (Å²) in [7, 11) is 0. The van der Waals surface area contributed by atoms with Crippen molar-refractivity contribution in [2.75, 3.05) is 18.2 Å². The highest BCUT2D eigenvalue weighted by atomic mass is 32.2. The minimum absolute atomic E-state index is 0.146. The first-order valence-electron chi connectivity index (χ1n) is 8.59. The summed E-state index contributed by atoms with van der Waals surface area (Å²) in [6.45, 7) is 0.546. The smallest absolute Gasteiger partial charge is 0.251 e. The lowest BCUT2D eigenvalue weighted by atomic mass is 10.1. The minimum atomic E-state index is -0.368. The van der Waals surface area contributed by atoms with Crippen LogP contribution in [0.5, 0.6) is 0 Å². The number of nitrogens with zero attached hydrogens (tertiary/aromatic N) is 1. The maximum atomic E-state index is 12.7. The summed E-state index contributed by atoms with van der Waals surface area (Å²) in [5, 5.41) is 2.93. The van der Waals surface area contributed by atoms with Crippen LogP contribution in [0.4, 0.5) is 0 Å². The topological polar surface area (TPSA) is 66.5 Å². The summed E-state index contributed by atoms with van der Waals surface area (Å²) >= 11 is 1.57. The molecule has 25 heavy (non-hydrogen) atoms. The van der Waals surface area contributed by atoms with E-state index >= 15 is 0 Å². The van der Waals surface area contributed by atoms with Crippen molar-refractivity contribution in [1.82, 2.24) is 10.2 Å². The van der Waals surface area contributed by atoms with Crippen molar-refractivity contribution in [3.05, 3.63) is 47.0 Å². The predicted molar refractivity (Wildman–Crippen MR) is 98.1 cm³/mol. The number of benzene rings is 1. The minimum Gasteiger partial charge on any atom is -0.352 e. The number of thioether (sulfide) groups is 1. The number of aldehydes is 1. The zero-order valence-electron chi connectivity index (χ0n) is 14.1.